The zero-order valence-electron chi connectivity index (χ0n) is 16.1. The molecular formula is C19H29N3O4S. The van der Waals surface area contributed by atoms with Gasteiger partial charge in [-0.1, -0.05) is 12.1 Å². The molecule has 0 saturated carbocycles. The van der Waals surface area contributed by atoms with Gasteiger partial charge in [-0.25, -0.2) is 0 Å². The van der Waals surface area contributed by atoms with Crippen molar-refractivity contribution in [2.75, 3.05) is 33.3 Å². The van der Waals surface area contributed by atoms with Crippen LogP contribution in [-0.2, 0) is 15.0 Å². The van der Waals surface area contributed by atoms with Gasteiger partial charge in [0.1, 0.15) is 5.75 Å². The molecule has 1 aromatic rings. The molecule has 150 valence electrons. The lowest BCUT2D eigenvalue weighted by Crippen LogP contribution is -2.48. The third kappa shape index (κ3) is 4.62. The van der Waals surface area contributed by atoms with Crippen LogP contribution in [-0.4, -0.2) is 56.2 Å². The van der Waals surface area contributed by atoms with Crippen LogP contribution in [0, 0.1) is 5.92 Å². The first-order valence-corrected chi connectivity index (χ1v) is 11.0. The van der Waals surface area contributed by atoms with Gasteiger partial charge < -0.3 is 10.1 Å². The summed E-state index contributed by atoms with van der Waals surface area (Å²) in [6, 6.07) is 7.53. The van der Waals surface area contributed by atoms with Crippen molar-refractivity contribution < 1.29 is 17.9 Å². The van der Waals surface area contributed by atoms with Gasteiger partial charge in [0.15, 0.2) is 0 Å². The minimum Gasteiger partial charge on any atom is -0.497 e. The van der Waals surface area contributed by atoms with Crippen LogP contribution in [0.1, 0.15) is 44.2 Å². The average molecular weight is 396 g/mol. The molecule has 1 amide bonds. The van der Waals surface area contributed by atoms with E-state index in [1.54, 1.807) is 11.4 Å². The monoisotopic (exact) mass is 395 g/mol. The van der Waals surface area contributed by atoms with E-state index in [1.807, 2.05) is 31.2 Å². The third-order valence-electron chi connectivity index (χ3n) is 5.52. The lowest BCUT2D eigenvalue weighted by Gasteiger charge is -2.33. The van der Waals surface area contributed by atoms with E-state index in [-0.39, 0.29) is 17.9 Å². The number of carbonyl (C=O) groups is 1. The minimum atomic E-state index is -3.36. The van der Waals surface area contributed by atoms with Crippen molar-refractivity contribution in [2.45, 2.75) is 38.6 Å². The van der Waals surface area contributed by atoms with Gasteiger partial charge in [-0.3, -0.25) is 4.79 Å². The smallest absolute Gasteiger partial charge is 0.281 e. The van der Waals surface area contributed by atoms with E-state index in [1.165, 1.54) is 4.31 Å². The third-order valence-corrected chi connectivity index (χ3v) is 7.55. The largest absolute Gasteiger partial charge is 0.497 e. The second-order valence-electron chi connectivity index (χ2n) is 7.29. The van der Waals surface area contributed by atoms with Crippen LogP contribution >= 0.6 is 0 Å². The first kappa shape index (κ1) is 20.1. The second-order valence-corrected chi connectivity index (χ2v) is 9.22. The summed E-state index contributed by atoms with van der Waals surface area (Å²) in [6.07, 6.45) is 2.99. The van der Waals surface area contributed by atoms with Crippen LogP contribution in [0.4, 0.5) is 0 Å². The Kier molecular flexibility index (Phi) is 6.39. The summed E-state index contributed by atoms with van der Waals surface area (Å²) in [5.41, 5.74) is 1.01. The highest BCUT2D eigenvalue weighted by atomic mass is 32.2. The van der Waals surface area contributed by atoms with Gasteiger partial charge in [0, 0.05) is 32.1 Å². The molecule has 0 radical (unpaired) electrons. The summed E-state index contributed by atoms with van der Waals surface area (Å²) in [5.74, 6) is 0.635. The SMILES string of the molecule is COc1ccc([C@H](C)NC(=O)C2CCN(S(=O)(=O)N3CCCC3)CC2)cc1. The Bertz CT molecular complexity index is 737. The Hall–Kier alpha value is -1.64. The molecule has 2 saturated heterocycles. The van der Waals surface area contributed by atoms with Crippen LogP contribution in [0.2, 0.25) is 0 Å². The van der Waals surface area contributed by atoms with E-state index in [2.05, 4.69) is 5.32 Å². The molecule has 1 N–H and O–H groups in total. The van der Waals surface area contributed by atoms with E-state index in [0.717, 1.165) is 24.2 Å². The number of nitrogens with zero attached hydrogens (tertiary/aromatic N) is 2. The maximum absolute atomic E-state index is 12.6. The predicted molar refractivity (Wildman–Crippen MR) is 104 cm³/mol. The summed E-state index contributed by atoms with van der Waals surface area (Å²) < 4.78 is 33.5. The minimum absolute atomic E-state index is 0.00321. The average Bonchev–Trinajstić information content (AvgIpc) is 3.24. The van der Waals surface area contributed by atoms with E-state index in [4.69, 9.17) is 4.74 Å². The Morgan fingerprint density at radius 3 is 2.19 bits per heavy atom. The van der Waals surface area contributed by atoms with Crippen molar-refractivity contribution in [3.05, 3.63) is 29.8 Å². The molecule has 2 aliphatic heterocycles. The van der Waals surface area contributed by atoms with Crippen molar-refractivity contribution in [3.8, 4) is 5.75 Å². The summed E-state index contributed by atoms with van der Waals surface area (Å²) >= 11 is 0. The standard InChI is InChI=1S/C19H29N3O4S/c1-15(16-5-7-18(26-2)8-6-16)20-19(23)17-9-13-22(14-10-17)27(24,25)21-11-3-4-12-21/h5-8,15,17H,3-4,9-14H2,1-2H3,(H,20,23)/t15-/m0/s1. The molecule has 2 heterocycles. The second kappa shape index (κ2) is 8.58. The molecule has 0 aliphatic carbocycles. The van der Waals surface area contributed by atoms with Gasteiger partial charge in [-0.05, 0) is 50.3 Å². The van der Waals surface area contributed by atoms with Crippen molar-refractivity contribution in [1.29, 1.82) is 0 Å². The number of ether oxygens (including phenoxy) is 1. The summed E-state index contributed by atoms with van der Waals surface area (Å²) in [4.78, 5) is 12.6. The highest BCUT2D eigenvalue weighted by Gasteiger charge is 2.35. The molecule has 0 spiro atoms. The fourth-order valence-corrected chi connectivity index (χ4v) is 5.46. The highest BCUT2D eigenvalue weighted by molar-refractivity contribution is 7.86. The number of methoxy groups -OCH3 is 1. The maximum Gasteiger partial charge on any atom is 0.281 e. The van der Waals surface area contributed by atoms with Gasteiger partial charge in [-0.15, -0.1) is 0 Å². The van der Waals surface area contributed by atoms with Crippen LogP contribution in [0.25, 0.3) is 0 Å². The Labute approximate surface area is 161 Å². The molecule has 7 nitrogen and oxygen atoms in total. The van der Waals surface area contributed by atoms with Gasteiger partial charge in [-0.2, -0.15) is 17.0 Å². The lowest BCUT2D eigenvalue weighted by molar-refractivity contribution is -0.126. The molecule has 0 bridgehead atoms. The van der Waals surface area contributed by atoms with E-state index < -0.39 is 10.2 Å². The first-order chi connectivity index (χ1) is 12.9. The van der Waals surface area contributed by atoms with Crippen LogP contribution in [0.5, 0.6) is 5.75 Å². The molecule has 2 aliphatic rings. The molecule has 2 fully saturated rings. The van der Waals surface area contributed by atoms with Crippen molar-refractivity contribution in [3.63, 3.8) is 0 Å². The summed E-state index contributed by atoms with van der Waals surface area (Å²) in [6.45, 7) is 4.00. The Balaban J connectivity index is 1.52. The van der Waals surface area contributed by atoms with Gasteiger partial charge in [0.05, 0.1) is 13.2 Å². The highest BCUT2D eigenvalue weighted by Crippen LogP contribution is 2.25. The number of hydrogen-bond acceptors (Lipinski definition) is 4. The fraction of sp³-hybridized carbons (Fsp3) is 0.632. The number of rotatable bonds is 6. The topological polar surface area (TPSA) is 79.0 Å². The molecule has 0 aromatic heterocycles. The molecule has 1 aromatic carbocycles. The number of nitrogens with one attached hydrogen (secondary N) is 1. The molecular weight excluding hydrogens is 366 g/mol. The number of benzene rings is 1. The Morgan fingerprint density at radius 1 is 1.07 bits per heavy atom. The number of piperidine rings is 1. The summed E-state index contributed by atoms with van der Waals surface area (Å²) in [7, 11) is -1.74. The molecule has 3 rings (SSSR count). The zero-order chi connectivity index (χ0) is 19.4. The van der Waals surface area contributed by atoms with Gasteiger partial charge in [0.25, 0.3) is 10.2 Å². The Morgan fingerprint density at radius 2 is 1.63 bits per heavy atom. The number of hydrogen-bond donors (Lipinski definition) is 1. The fourth-order valence-electron chi connectivity index (χ4n) is 3.74. The van der Waals surface area contributed by atoms with Crippen molar-refractivity contribution in [2.24, 2.45) is 5.92 Å². The van der Waals surface area contributed by atoms with E-state index >= 15 is 0 Å². The maximum atomic E-state index is 12.6. The van der Waals surface area contributed by atoms with E-state index in [9.17, 15) is 13.2 Å². The normalized spacial score (nSPS) is 21.1. The van der Waals surface area contributed by atoms with Gasteiger partial charge >= 0.3 is 0 Å². The van der Waals surface area contributed by atoms with Crippen LogP contribution < -0.4 is 10.1 Å². The molecule has 8 heteroatoms. The predicted octanol–water partition coefficient (Wildman–Crippen LogP) is 1.92. The van der Waals surface area contributed by atoms with Gasteiger partial charge in [0.2, 0.25) is 5.91 Å². The number of carbonyl (C=O) groups excluding carboxylic acids is 1. The zero-order valence-corrected chi connectivity index (χ0v) is 16.9. The number of amides is 1. The summed E-state index contributed by atoms with van der Waals surface area (Å²) in [5, 5.41) is 3.05. The van der Waals surface area contributed by atoms with E-state index in [0.29, 0.717) is 39.0 Å². The lowest BCUT2D eigenvalue weighted by atomic mass is 9.96. The molecule has 27 heavy (non-hydrogen) atoms. The molecule has 0 unspecified atom stereocenters. The van der Waals surface area contributed by atoms with Crippen LogP contribution in [0.15, 0.2) is 24.3 Å². The van der Waals surface area contributed by atoms with Crippen molar-refractivity contribution >= 4 is 16.1 Å². The first-order valence-electron chi connectivity index (χ1n) is 9.61. The quantitative estimate of drug-likeness (QED) is 0.798. The van der Waals surface area contributed by atoms with Crippen molar-refractivity contribution in [1.82, 2.24) is 13.9 Å². The van der Waals surface area contributed by atoms with Crippen LogP contribution in [0.3, 0.4) is 0 Å². The molecule has 1 atom stereocenters.